The molecule has 0 saturated heterocycles. The fourth-order valence-electron chi connectivity index (χ4n) is 6.12. The van der Waals surface area contributed by atoms with Crippen LogP contribution in [0.2, 0.25) is 0 Å². The van der Waals surface area contributed by atoms with Crippen LogP contribution in [0, 0.1) is 11.8 Å². The van der Waals surface area contributed by atoms with Crippen molar-refractivity contribution in [1.82, 2.24) is 0 Å². The molecule has 2 aliphatic carbocycles. The SMILES string of the molecule is O=C(O)c1cc2c3c(c1)[C@H]1CC=C[C@H]1[C@@H](c1ccc(Br)cc1)N3C[C@H]1CC=C[C@H]21. The van der Waals surface area contributed by atoms with E-state index in [1.807, 2.05) is 12.1 Å². The maximum Gasteiger partial charge on any atom is 0.335 e. The minimum atomic E-state index is -0.822. The molecule has 2 heterocycles. The second-order valence-corrected chi connectivity index (χ2v) is 9.67. The average Bonchev–Trinajstić information content (AvgIpc) is 3.38. The highest BCUT2D eigenvalue weighted by atomic mass is 79.9. The third kappa shape index (κ3) is 2.51. The van der Waals surface area contributed by atoms with Gasteiger partial charge >= 0.3 is 5.97 Å². The first-order valence-corrected chi connectivity index (χ1v) is 11.2. The Hall–Kier alpha value is -2.33. The lowest BCUT2D eigenvalue weighted by molar-refractivity contribution is 0.0696. The molecule has 0 spiro atoms. The van der Waals surface area contributed by atoms with Crippen LogP contribution in [0.1, 0.15) is 57.8 Å². The summed E-state index contributed by atoms with van der Waals surface area (Å²) >= 11 is 3.57. The number of anilines is 1. The van der Waals surface area contributed by atoms with E-state index in [1.165, 1.54) is 22.4 Å². The molecule has 0 aromatic heterocycles. The first kappa shape index (κ1) is 17.5. The lowest BCUT2D eigenvalue weighted by Gasteiger charge is -2.51. The number of allylic oxidation sites excluding steroid dienone is 3. The summed E-state index contributed by atoms with van der Waals surface area (Å²) in [6.07, 6.45) is 11.3. The van der Waals surface area contributed by atoms with E-state index in [2.05, 4.69) is 69.4 Å². The Kier molecular flexibility index (Phi) is 3.83. The van der Waals surface area contributed by atoms with Crippen molar-refractivity contribution < 1.29 is 9.90 Å². The molecule has 0 amide bonds. The molecule has 0 fully saturated rings. The number of carboxylic acid groups (broad SMARTS) is 1. The molecule has 0 saturated carbocycles. The van der Waals surface area contributed by atoms with E-state index >= 15 is 0 Å². The molecule has 4 heteroatoms. The monoisotopic (exact) mass is 447 g/mol. The van der Waals surface area contributed by atoms with Gasteiger partial charge in [-0.05, 0) is 65.6 Å². The number of benzene rings is 2. The van der Waals surface area contributed by atoms with E-state index in [1.54, 1.807) is 0 Å². The molecule has 29 heavy (non-hydrogen) atoms. The number of hydrogen-bond donors (Lipinski definition) is 1. The highest BCUT2D eigenvalue weighted by Gasteiger charge is 2.47. The van der Waals surface area contributed by atoms with Crippen LogP contribution in [-0.4, -0.2) is 17.6 Å². The Morgan fingerprint density at radius 1 is 1.03 bits per heavy atom. The normalized spacial score (nSPS) is 30.8. The number of carbonyl (C=O) groups is 1. The number of halogens is 1. The quantitative estimate of drug-likeness (QED) is 0.570. The van der Waals surface area contributed by atoms with Gasteiger partial charge in [-0.25, -0.2) is 4.79 Å². The summed E-state index contributed by atoms with van der Waals surface area (Å²) in [5.41, 5.74) is 5.55. The standard InChI is InChI=1S/C25H22BrNO2/c26-17-9-7-14(8-10-17)23-20-6-2-5-19(20)22-12-16(25(28)29)11-21-18-4-1-3-15(18)13-27(23)24(21)22/h1-2,4,6-12,15,18-20,23H,3,5,13H2,(H,28,29)/t15-,18+,19+,20-,23-/m1/s1. The number of carboxylic acids is 1. The van der Waals surface area contributed by atoms with E-state index in [0.717, 1.165) is 23.9 Å². The summed E-state index contributed by atoms with van der Waals surface area (Å²) in [6, 6.07) is 13.0. The van der Waals surface area contributed by atoms with Crippen LogP contribution in [0.3, 0.4) is 0 Å². The Balaban J connectivity index is 1.59. The van der Waals surface area contributed by atoms with Crippen molar-refractivity contribution >= 4 is 27.6 Å². The molecule has 4 aliphatic rings. The first-order chi connectivity index (χ1) is 14.1. The molecule has 146 valence electrons. The molecule has 1 N–H and O–H groups in total. The molecular weight excluding hydrogens is 426 g/mol. The summed E-state index contributed by atoms with van der Waals surface area (Å²) in [6.45, 7) is 1.03. The molecule has 2 aromatic carbocycles. The fraction of sp³-hybridized carbons (Fsp3) is 0.320. The van der Waals surface area contributed by atoms with Gasteiger partial charge in [0.05, 0.1) is 11.6 Å². The lowest BCUT2D eigenvalue weighted by Crippen LogP contribution is -2.46. The van der Waals surface area contributed by atoms with Gasteiger partial charge < -0.3 is 10.0 Å². The first-order valence-electron chi connectivity index (χ1n) is 10.4. The number of nitrogens with zero attached hydrogens (tertiary/aromatic N) is 1. The van der Waals surface area contributed by atoms with E-state index in [0.29, 0.717) is 35.3 Å². The number of rotatable bonds is 2. The summed E-state index contributed by atoms with van der Waals surface area (Å²) in [7, 11) is 0. The van der Waals surface area contributed by atoms with Gasteiger partial charge in [-0.15, -0.1) is 0 Å². The van der Waals surface area contributed by atoms with Crippen molar-refractivity contribution in [3.05, 3.63) is 87.4 Å². The largest absolute Gasteiger partial charge is 0.478 e. The van der Waals surface area contributed by atoms with Crippen LogP contribution in [0.25, 0.3) is 0 Å². The average molecular weight is 448 g/mol. The van der Waals surface area contributed by atoms with Gasteiger partial charge in [0.15, 0.2) is 0 Å². The van der Waals surface area contributed by atoms with Crippen molar-refractivity contribution in [2.24, 2.45) is 11.8 Å². The van der Waals surface area contributed by atoms with Crippen molar-refractivity contribution in [2.75, 3.05) is 11.4 Å². The molecule has 0 unspecified atom stereocenters. The van der Waals surface area contributed by atoms with Crippen LogP contribution >= 0.6 is 15.9 Å². The summed E-state index contributed by atoms with van der Waals surface area (Å²) in [5, 5.41) is 9.78. The number of hydrogen-bond acceptors (Lipinski definition) is 2. The zero-order valence-electron chi connectivity index (χ0n) is 16.0. The van der Waals surface area contributed by atoms with Gasteiger partial charge in [0.2, 0.25) is 0 Å². The minimum Gasteiger partial charge on any atom is -0.478 e. The van der Waals surface area contributed by atoms with Gasteiger partial charge in [0.25, 0.3) is 0 Å². The maximum atomic E-state index is 11.9. The van der Waals surface area contributed by atoms with Gasteiger partial charge in [0, 0.05) is 28.5 Å². The van der Waals surface area contributed by atoms with Crippen molar-refractivity contribution in [3.8, 4) is 0 Å². The Morgan fingerprint density at radius 2 is 1.79 bits per heavy atom. The molecule has 2 aliphatic heterocycles. The highest BCUT2D eigenvalue weighted by Crippen LogP contribution is 2.58. The Bertz CT molecular complexity index is 1070. The van der Waals surface area contributed by atoms with Crippen LogP contribution in [0.4, 0.5) is 5.69 Å². The minimum absolute atomic E-state index is 0.301. The molecule has 3 nitrogen and oxygen atoms in total. The summed E-state index contributed by atoms with van der Waals surface area (Å²) < 4.78 is 1.10. The third-order valence-corrected chi connectivity index (χ3v) is 7.84. The Morgan fingerprint density at radius 3 is 2.59 bits per heavy atom. The Labute approximate surface area is 178 Å². The molecule has 0 radical (unpaired) electrons. The predicted molar refractivity (Wildman–Crippen MR) is 118 cm³/mol. The second kappa shape index (κ2) is 6.33. The maximum absolute atomic E-state index is 11.9. The number of fused-ring (bicyclic) bond motifs is 4. The van der Waals surface area contributed by atoms with Crippen LogP contribution in [-0.2, 0) is 0 Å². The summed E-state index contributed by atoms with van der Waals surface area (Å²) in [5.74, 6) is 0.786. The van der Waals surface area contributed by atoms with E-state index in [9.17, 15) is 9.90 Å². The van der Waals surface area contributed by atoms with Crippen molar-refractivity contribution in [2.45, 2.75) is 30.7 Å². The van der Waals surface area contributed by atoms with E-state index in [-0.39, 0.29) is 0 Å². The van der Waals surface area contributed by atoms with Crippen LogP contribution in [0.5, 0.6) is 0 Å². The third-order valence-electron chi connectivity index (χ3n) is 7.31. The van der Waals surface area contributed by atoms with Gasteiger partial charge in [-0.3, -0.25) is 0 Å². The van der Waals surface area contributed by atoms with Crippen LogP contribution in [0.15, 0.2) is 65.2 Å². The molecule has 2 aromatic rings. The van der Waals surface area contributed by atoms with Crippen LogP contribution < -0.4 is 4.90 Å². The van der Waals surface area contributed by atoms with Gasteiger partial charge in [-0.2, -0.15) is 0 Å². The van der Waals surface area contributed by atoms with Crippen molar-refractivity contribution in [3.63, 3.8) is 0 Å². The van der Waals surface area contributed by atoms with Gasteiger partial charge in [-0.1, -0.05) is 52.4 Å². The molecular formula is C25H22BrNO2. The van der Waals surface area contributed by atoms with E-state index in [4.69, 9.17) is 0 Å². The van der Waals surface area contributed by atoms with Crippen molar-refractivity contribution in [1.29, 1.82) is 0 Å². The highest BCUT2D eigenvalue weighted by molar-refractivity contribution is 9.10. The molecule has 0 bridgehead atoms. The molecule has 6 rings (SSSR count). The van der Waals surface area contributed by atoms with E-state index < -0.39 is 5.97 Å². The molecule has 5 atom stereocenters. The second-order valence-electron chi connectivity index (χ2n) is 8.75. The fourth-order valence-corrected chi connectivity index (χ4v) is 6.39. The van der Waals surface area contributed by atoms with Gasteiger partial charge in [0.1, 0.15) is 0 Å². The zero-order valence-corrected chi connectivity index (χ0v) is 17.5. The topological polar surface area (TPSA) is 40.5 Å². The summed E-state index contributed by atoms with van der Waals surface area (Å²) in [4.78, 5) is 14.5. The lowest BCUT2D eigenvalue weighted by atomic mass is 9.70. The predicted octanol–water partition coefficient (Wildman–Crippen LogP) is 6.04. The zero-order chi connectivity index (χ0) is 19.7. The number of aromatic carboxylic acids is 1. The smallest absolute Gasteiger partial charge is 0.335 e.